The average molecular weight is 407 g/mol. The molecule has 26 heavy (non-hydrogen) atoms. The summed E-state index contributed by atoms with van der Waals surface area (Å²) in [6.07, 6.45) is 0. The van der Waals surface area contributed by atoms with Crippen LogP contribution in [-0.4, -0.2) is 20.7 Å². The maximum Gasteiger partial charge on any atom is 0.251 e. The van der Waals surface area contributed by atoms with Crippen molar-refractivity contribution in [2.75, 3.05) is 0 Å². The number of halogens is 2. The molecule has 1 amide bonds. The third-order valence-corrected chi connectivity index (χ3v) is 5.55. The van der Waals surface area contributed by atoms with Crippen LogP contribution in [0.25, 0.3) is 0 Å². The molecule has 3 aromatic rings. The molecule has 0 saturated heterocycles. The molecule has 8 heteroatoms. The summed E-state index contributed by atoms with van der Waals surface area (Å²) >= 11 is 13.5. The van der Waals surface area contributed by atoms with Crippen LogP contribution in [0.4, 0.5) is 0 Å². The van der Waals surface area contributed by atoms with Crippen LogP contribution in [0.3, 0.4) is 0 Å². The van der Waals surface area contributed by atoms with E-state index in [0.29, 0.717) is 33.7 Å². The number of hydrogen-bond donors (Lipinski definition) is 1. The minimum Gasteiger partial charge on any atom is -0.345 e. The second kappa shape index (κ2) is 8.58. The average Bonchev–Trinajstić information content (AvgIpc) is 3.01. The van der Waals surface area contributed by atoms with Gasteiger partial charge in [-0.05, 0) is 29.8 Å². The van der Waals surface area contributed by atoms with Crippen LogP contribution in [0.5, 0.6) is 0 Å². The smallest absolute Gasteiger partial charge is 0.251 e. The first kappa shape index (κ1) is 18.8. The van der Waals surface area contributed by atoms with E-state index in [9.17, 15) is 4.79 Å². The molecule has 0 aliphatic heterocycles. The van der Waals surface area contributed by atoms with E-state index in [1.807, 2.05) is 41.9 Å². The summed E-state index contributed by atoms with van der Waals surface area (Å²) < 4.78 is 1.87. The summed E-state index contributed by atoms with van der Waals surface area (Å²) in [6, 6.07) is 14.6. The fourth-order valence-corrected chi connectivity index (χ4v) is 3.45. The summed E-state index contributed by atoms with van der Waals surface area (Å²) in [7, 11) is 1.88. The van der Waals surface area contributed by atoms with E-state index in [0.717, 1.165) is 10.7 Å². The maximum absolute atomic E-state index is 12.1. The molecule has 0 fully saturated rings. The number of hydrogen-bond acceptors (Lipinski definition) is 4. The van der Waals surface area contributed by atoms with Crippen LogP contribution < -0.4 is 5.32 Å². The molecule has 5 nitrogen and oxygen atoms in total. The Balaban J connectivity index is 1.59. The van der Waals surface area contributed by atoms with Crippen LogP contribution in [-0.2, 0) is 19.3 Å². The second-order valence-electron chi connectivity index (χ2n) is 5.54. The molecule has 0 spiro atoms. The number of benzene rings is 2. The van der Waals surface area contributed by atoms with Crippen molar-refractivity contribution in [2.24, 2.45) is 7.05 Å². The van der Waals surface area contributed by atoms with Crippen molar-refractivity contribution in [1.29, 1.82) is 0 Å². The summed E-state index contributed by atoms with van der Waals surface area (Å²) in [4.78, 5) is 12.1. The predicted molar refractivity (Wildman–Crippen MR) is 105 cm³/mol. The Hall–Kier alpha value is -2.02. The zero-order valence-electron chi connectivity index (χ0n) is 13.9. The minimum atomic E-state index is -0.140. The summed E-state index contributed by atoms with van der Waals surface area (Å²) in [6.45, 7) is 0.310. The van der Waals surface area contributed by atoms with Crippen molar-refractivity contribution in [3.8, 4) is 0 Å². The van der Waals surface area contributed by atoms with Crippen molar-refractivity contribution >= 4 is 40.9 Å². The van der Waals surface area contributed by atoms with Crippen molar-refractivity contribution in [1.82, 2.24) is 20.1 Å². The molecular formula is C18H16Cl2N4OS. The number of amides is 1. The minimum absolute atomic E-state index is 0.140. The van der Waals surface area contributed by atoms with E-state index < -0.39 is 0 Å². The Bertz CT molecular complexity index is 915. The maximum atomic E-state index is 12.1. The number of thioether (sulfide) groups is 1. The van der Waals surface area contributed by atoms with E-state index in [4.69, 9.17) is 23.2 Å². The molecule has 0 aliphatic carbocycles. The topological polar surface area (TPSA) is 59.8 Å². The fourth-order valence-electron chi connectivity index (χ4n) is 2.25. The normalized spacial score (nSPS) is 10.7. The van der Waals surface area contributed by atoms with Crippen molar-refractivity contribution in [2.45, 2.75) is 17.5 Å². The molecule has 2 aromatic carbocycles. The molecule has 1 heterocycles. The van der Waals surface area contributed by atoms with Crippen molar-refractivity contribution in [3.05, 3.63) is 75.5 Å². The van der Waals surface area contributed by atoms with Gasteiger partial charge in [0, 0.05) is 18.4 Å². The van der Waals surface area contributed by atoms with E-state index in [1.54, 1.807) is 30.0 Å². The highest BCUT2D eigenvalue weighted by atomic mass is 35.5. The monoisotopic (exact) mass is 406 g/mol. The van der Waals surface area contributed by atoms with Crippen LogP contribution in [0.15, 0.2) is 53.7 Å². The summed E-state index contributed by atoms with van der Waals surface area (Å²) in [5, 5.41) is 13.0. The SMILES string of the molecule is Cn1c(CNC(=O)c2ccccc2)nnc1SCc1ccc(Cl)c(Cl)c1. The van der Waals surface area contributed by atoms with Gasteiger partial charge in [-0.2, -0.15) is 0 Å². The highest BCUT2D eigenvalue weighted by Gasteiger charge is 2.12. The first-order valence-electron chi connectivity index (χ1n) is 7.83. The fraction of sp³-hybridized carbons (Fsp3) is 0.167. The molecular weight excluding hydrogens is 391 g/mol. The second-order valence-corrected chi connectivity index (χ2v) is 7.30. The lowest BCUT2D eigenvalue weighted by Crippen LogP contribution is -2.24. The number of carbonyl (C=O) groups excluding carboxylic acids is 1. The third kappa shape index (κ3) is 4.58. The summed E-state index contributed by atoms with van der Waals surface area (Å²) in [5.41, 5.74) is 1.66. The summed E-state index contributed by atoms with van der Waals surface area (Å²) in [5.74, 6) is 1.24. The molecule has 134 valence electrons. The Morgan fingerprint density at radius 3 is 2.62 bits per heavy atom. The largest absolute Gasteiger partial charge is 0.345 e. The predicted octanol–water partition coefficient (Wildman–Crippen LogP) is 4.34. The van der Waals surface area contributed by atoms with Gasteiger partial charge in [0.2, 0.25) is 0 Å². The van der Waals surface area contributed by atoms with Gasteiger partial charge in [-0.25, -0.2) is 0 Å². The molecule has 0 bridgehead atoms. The lowest BCUT2D eigenvalue weighted by molar-refractivity contribution is 0.0949. The Morgan fingerprint density at radius 1 is 1.12 bits per heavy atom. The van der Waals surface area contributed by atoms with Gasteiger partial charge >= 0.3 is 0 Å². The van der Waals surface area contributed by atoms with Gasteiger partial charge in [-0.15, -0.1) is 10.2 Å². The van der Waals surface area contributed by atoms with Crippen molar-refractivity contribution in [3.63, 3.8) is 0 Å². The zero-order chi connectivity index (χ0) is 18.5. The number of aromatic nitrogens is 3. The molecule has 3 rings (SSSR count). The first-order chi connectivity index (χ1) is 12.5. The van der Waals surface area contributed by atoms with Crippen molar-refractivity contribution < 1.29 is 4.79 Å². The zero-order valence-corrected chi connectivity index (χ0v) is 16.3. The molecule has 0 radical (unpaired) electrons. The van der Waals surface area contributed by atoms with Crippen LogP contribution in [0, 0.1) is 0 Å². The number of carbonyl (C=O) groups is 1. The first-order valence-corrected chi connectivity index (χ1v) is 9.57. The van der Waals surface area contributed by atoms with E-state index in [1.165, 1.54) is 0 Å². The molecule has 0 unspecified atom stereocenters. The number of rotatable bonds is 6. The van der Waals surface area contributed by atoms with Gasteiger partial charge in [0.1, 0.15) is 0 Å². The molecule has 0 saturated carbocycles. The third-order valence-electron chi connectivity index (χ3n) is 3.72. The molecule has 1 N–H and O–H groups in total. The van der Waals surface area contributed by atoms with E-state index in [2.05, 4.69) is 15.5 Å². The Kier molecular flexibility index (Phi) is 6.19. The van der Waals surface area contributed by atoms with Crippen LogP contribution in [0.2, 0.25) is 10.0 Å². The molecule has 0 atom stereocenters. The van der Waals surface area contributed by atoms with E-state index >= 15 is 0 Å². The van der Waals surface area contributed by atoms with Crippen LogP contribution >= 0.6 is 35.0 Å². The quantitative estimate of drug-likeness (QED) is 0.618. The lowest BCUT2D eigenvalue weighted by Gasteiger charge is -2.06. The van der Waals surface area contributed by atoms with Gasteiger partial charge in [0.25, 0.3) is 5.91 Å². The van der Waals surface area contributed by atoms with Gasteiger partial charge in [0.15, 0.2) is 11.0 Å². The van der Waals surface area contributed by atoms with Gasteiger partial charge in [-0.1, -0.05) is 59.2 Å². The molecule has 0 aliphatic rings. The Morgan fingerprint density at radius 2 is 1.88 bits per heavy atom. The van der Waals surface area contributed by atoms with Crippen LogP contribution in [0.1, 0.15) is 21.7 Å². The van der Waals surface area contributed by atoms with E-state index in [-0.39, 0.29) is 5.91 Å². The van der Waals surface area contributed by atoms with Gasteiger partial charge in [-0.3, -0.25) is 4.79 Å². The van der Waals surface area contributed by atoms with Gasteiger partial charge < -0.3 is 9.88 Å². The number of nitrogens with one attached hydrogen (secondary N) is 1. The molecule has 1 aromatic heterocycles. The highest BCUT2D eigenvalue weighted by molar-refractivity contribution is 7.98. The number of nitrogens with zero attached hydrogens (tertiary/aromatic N) is 3. The standard InChI is InChI=1S/C18H16Cl2N4OS/c1-24-16(10-21-17(25)13-5-3-2-4-6-13)22-23-18(24)26-11-12-7-8-14(19)15(20)9-12/h2-9H,10-11H2,1H3,(H,21,25). The lowest BCUT2D eigenvalue weighted by atomic mass is 10.2. The highest BCUT2D eigenvalue weighted by Crippen LogP contribution is 2.27. The Labute approximate surface area is 165 Å². The van der Waals surface area contributed by atoms with Gasteiger partial charge in [0.05, 0.1) is 16.6 Å².